The van der Waals surface area contributed by atoms with Crippen LogP contribution in [0.25, 0.3) is 16.0 Å². The second-order valence-electron chi connectivity index (χ2n) is 8.77. The average molecular weight is 486 g/mol. The molecule has 0 saturated carbocycles. The van der Waals surface area contributed by atoms with Crippen LogP contribution in [0.2, 0.25) is 0 Å². The molecule has 1 aliphatic rings. The molecule has 0 bridgehead atoms. The molecule has 0 aliphatic heterocycles. The molecule has 6 nitrogen and oxygen atoms in total. The standard InChI is InChI=1S/C31H23N3O3/c1-33-24-13-21(16-34-17-24)19-36-31-14-30(27-12-6-11-26(27)29(31)18-35)37-20-23-9-5-10-25(28(23)15-32)22-7-3-2-4-8-22/h2-5,7-10,13-14,16-18H,6,11-12,19-20H2. The maximum Gasteiger partial charge on any atom is 0.205 e. The van der Waals surface area contributed by atoms with Crippen LogP contribution in [-0.2, 0) is 26.1 Å². The summed E-state index contributed by atoms with van der Waals surface area (Å²) in [6.07, 6.45) is 6.50. The van der Waals surface area contributed by atoms with Gasteiger partial charge in [0.25, 0.3) is 0 Å². The van der Waals surface area contributed by atoms with Crippen molar-refractivity contribution in [2.45, 2.75) is 32.5 Å². The van der Waals surface area contributed by atoms with Gasteiger partial charge in [-0.2, -0.15) is 5.26 Å². The molecular weight excluding hydrogens is 462 g/mol. The number of hydrogen-bond donors (Lipinski definition) is 0. The van der Waals surface area contributed by atoms with E-state index >= 15 is 0 Å². The summed E-state index contributed by atoms with van der Waals surface area (Å²) in [5.41, 5.74) is 6.90. The monoisotopic (exact) mass is 485 g/mol. The minimum Gasteiger partial charge on any atom is -0.488 e. The van der Waals surface area contributed by atoms with E-state index in [2.05, 4.69) is 15.9 Å². The summed E-state index contributed by atoms with van der Waals surface area (Å²) in [5.74, 6) is 1.10. The second-order valence-corrected chi connectivity index (χ2v) is 8.77. The first-order chi connectivity index (χ1) is 18.2. The lowest BCUT2D eigenvalue weighted by molar-refractivity contribution is 0.111. The molecule has 0 atom stereocenters. The van der Waals surface area contributed by atoms with Gasteiger partial charge in [0.2, 0.25) is 5.69 Å². The molecule has 5 rings (SSSR count). The number of nitrogens with zero attached hydrogens (tertiary/aromatic N) is 3. The van der Waals surface area contributed by atoms with Crippen LogP contribution >= 0.6 is 0 Å². The lowest BCUT2D eigenvalue weighted by Gasteiger charge is -2.18. The lowest BCUT2D eigenvalue weighted by Crippen LogP contribution is -2.06. The van der Waals surface area contributed by atoms with Crippen LogP contribution in [0.3, 0.4) is 0 Å². The molecule has 0 spiro atoms. The lowest BCUT2D eigenvalue weighted by atomic mass is 9.96. The number of benzene rings is 3. The molecule has 0 N–H and O–H groups in total. The normalized spacial score (nSPS) is 11.7. The molecule has 0 unspecified atom stereocenters. The van der Waals surface area contributed by atoms with Crippen LogP contribution in [-0.4, -0.2) is 11.3 Å². The van der Waals surface area contributed by atoms with E-state index in [0.717, 1.165) is 58.9 Å². The quantitative estimate of drug-likeness (QED) is 0.207. The van der Waals surface area contributed by atoms with Crippen molar-refractivity contribution in [2.75, 3.05) is 0 Å². The molecular formula is C31H23N3O3. The predicted molar refractivity (Wildman–Crippen MR) is 140 cm³/mol. The molecule has 1 aromatic heterocycles. The Kier molecular flexibility index (Phi) is 6.92. The molecule has 4 aromatic rings. The van der Waals surface area contributed by atoms with E-state index in [9.17, 15) is 10.1 Å². The van der Waals surface area contributed by atoms with Crippen molar-refractivity contribution in [3.8, 4) is 28.7 Å². The molecule has 0 amide bonds. The van der Waals surface area contributed by atoms with Crippen LogP contribution < -0.4 is 9.47 Å². The van der Waals surface area contributed by atoms with E-state index in [1.165, 1.54) is 6.20 Å². The first kappa shape index (κ1) is 23.8. The van der Waals surface area contributed by atoms with Crippen LogP contribution in [0.15, 0.2) is 73.1 Å². The Morgan fingerprint density at radius 1 is 0.973 bits per heavy atom. The molecule has 37 heavy (non-hydrogen) atoms. The Morgan fingerprint density at radius 2 is 1.78 bits per heavy atom. The van der Waals surface area contributed by atoms with Crippen molar-refractivity contribution in [2.24, 2.45) is 0 Å². The summed E-state index contributed by atoms with van der Waals surface area (Å²) in [7, 11) is 0. The van der Waals surface area contributed by atoms with Gasteiger partial charge in [0.15, 0.2) is 6.29 Å². The number of rotatable bonds is 8. The number of carbonyl (C=O) groups is 1. The van der Waals surface area contributed by atoms with Gasteiger partial charge in [-0.3, -0.25) is 9.78 Å². The SMILES string of the molecule is [C-]#[N+]c1cncc(COc2cc(OCc3cccc(-c4ccccc4)c3C#N)c3c(c2C=O)CCC3)c1. The van der Waals surface area contributed by atoms with Crippen LogP contribution in [0, 0.1) is 17.9 Å². The maximum atomic E-state index is 12.0. The van der Waals surface area contributed by atoms with Gasteiger partial charge in [0.05, 0.1) is 17.7 Å². The number of nitriles is 1. The molecule has 0 fully saturated rings. The molecule has 6 heteroatoms. The maximum absolute atomic E-state index is 12.0. The van der Waals surface area contributed by atoms with E-state index in [4.69, 9.17) is 16.0 Å². The Balaban J connectivity index is 1.44. The third-order valence-corrected chi connectivity index (χ3v) is 6.52. The largest absolute Gasteiger partial charge is 0.488 e. The smallest absolute Gasteiger partial charge is 0.205 e. The summed E-state index contributed by atoms with van der Waals surface area (Å²) < 4.78 is 12.3. The highest BCUT2D eigenvalue weighted by molar-refractivity contribution is 5.84. The highest BCUT2D eigenvalue weighted by atomic mass is 16.5. The minimum atomic E-state index is 0.174. The summed E-state index contributed by atoms with van der Waals surface area (Å²) >= 11 is 0. The van der Waals surface area contributed by atoms with Gasteiger partial charge in [-0.25, -0.2) is 4.85 Å². The third kappa shape index (κ3) is 4.91. The van der Waals surface area contributed by atoms with Gasteiger partial charge >= 0.3 is 0 Å². The van der Waals surface area contributed by atoms with Crippen molar-refractivity contribution in [1.82, 2.24) is 4.98 Å². The van der Waals surface area contributed by atoms with E-state index < -0.39 is 0 Å². The fourth-order valence-corrected chi connectivity index (χ4v) is 4.76. The van der Waals surface area contributed by atoms with Crippen molar-refractivity contribution in [1.29, 1.82) is 5.26 Å². The van der Waals surface area contributed by atoms with E-state index in [1.54, 1.807) is 18.3 Å². The minimum absolute atomic E-state index is 0.174. The Bertz CT molecular complexity index is 1550. The molecule has 1 heterocycles. The zero-order valence-corrected chi connectivity index (χ0v) is 20.1. The summed E-state index contributed by atoms with van der Waals surface area (Å²) in [6, 6.07) is 21.4. The van der Waals surface area contributed by atoms with Gasteiger partial charge in [0.1, 0.15) is 30.8 Å². The molecule has 180 valence electrons. The van der Waals surface area contributed by atoms with Crippen molar-refractivity contribution in [3.63, 3.8) is 0 Å². The Hall–Kier alpha value is -4.94. The number of carbonyl (C=O) groups excluding carboxylic acids is 1. The van der Waals surface area contributed by atoms with E-state index in [-0.39, 0.29) is 13.2 Å². The fourth-order valence-electron chi connectivity index (χ4n) is 4.76. The average Bonchev–Trinajstić information content (AvgIpc) is 3.45. The van der Waals surface area contributed by atoms with Crippen LogP contribution in [0.4, 0.5) is 5.69 Å². The molecule has 0 saturated heterocycles. The highest BCUT2D eigenvalue weighted by Gasteiger charge is 2.24. The highest BCUT2D eigenvalue weighted by Crippen LogP contribution is 2.39. The zero-order chi connectivity index (χ0) is 25.6. The summed E-state index contributed by atoms with van der Waals surface area (Å²) in [5, 5.41) is 9.95. The van der Waals surface area contributed by atoms with Crippen LogP contribution in [0.1, 0.15) is 44.6 Å². The van der Waals surface area contributed by atoms with Gasteiger partial charge in [-0.05, 0) is 53.1 Å². The molecule has 3 aromatic carbocycles. The van der Waals surface area contributed by atoms with E-state index in [0.29, 0.717) is 28.3 Å². The summed E-state index contributed by atoms with van der Waals surface area (Å²) in [6.45, 7) is 7.57. The van der Waals surface area contributed by atoms with Gasteiger partial charge in [0, 0.05) is 24.0 Å². The number of ether oxygens (including phenoxy) is 2. The van der Waals surface area contributed by atoms with Gasteiger partial charge in [-0.1, -0.05) is 48.5 Å². The number of aromatic nitrogens is 1. The van der Waals surface area contributed by atoms with Crippen LogP contribution in [0.5, 0.6) is 11.5 Å². The Morgan fingerprint density at radius 3 is 2.57 bits per heavy atom. The van der Waals surface area contributed by atoms with E-state index in [1.807, 2.05) is 48.5 Å². The Labute approximate surface area is 215 Å². The zero-order valence-electron chi connectivity index (χ0n) is 20.1. The topological polar surface area (TPSA) is 76.6 Å². The molecule has 1 aliphatic carbocycles. The van der Waals surface area contributed by atoms with Gasteiger partial charge < -0.3 is 9.47 Å². The first-order valence-electron chi connectivity index (χ1n) is 12.0. The third-order valence-electron chi connectivity index (χ3n) is 6.52. The van der Waals surface area contributed by atoms with Crippen molar-refractivity contribution < 1.29 is 14.3 Å². The fraction of sp³-hybridized carbons (Fsp3) is 0.161. The number of hydrogen-bond acceptors (Lipinski definition) is 5. The first-order valence-corrected chi connectivity index (χ1v) is 12.0. The van der Waals surface area contributed by atoms with Gasteiger partial charge in [-0.15, -0.1) is 0 Å². The number of aldehydes is 1. The van der Waals surface area contributed by atoms with Crippen molar-refractivity contribution >= 4 is 12.0 Å². The number of fused-ring (bicyclic) bond motifs is 1. The summed E-state index contributed by atoms with van der Waals surface area (Å²) in [4.78, 5) is 19.5. The second kappa shape index (κ2) is 10.8. The van der Waals surface area contributed by atoms with Crippen molar-refractivity contribution in [3.05, 3.63) is 118 Å². The number of pyridine rings is 1. The predicted octanol–water partition coefficient (Wildman–Crippen LogP) is 6.63. The molecule has 0 radical (unpaired) electrons.